The van der Waals surface area contributed by atoms with Crippen LogP contribution in [0.1, 0.15) is 26.2 Å². The van der Waals surface area contributed by atoms with E-state index in [0.717, 1.165) is 6.42 Å². The van der Waals surface area contributed by atoms with Gasteiger partial charge in [-0.05, 0) is 18.6 Å². The molecule has 0 fully saturated rings. The van der Waals surface area contributed by atoms with E-state index in [1.165, 1.54) is 12.1 Å². The summed E-state index contributed by atoms with van der Waals surface area (Å²) in [7, 11) is -4.01. The predicted octanol–water partition coefficient (Wildman–Crippen LogP) is 3.46. The number of halogens is 3. The fraction of sp³-hybridized carbons (Fsp3) is 0.462. The second-order valence-electron chi connectivity index (χ2n) is 4.45. The van der Waals surface area contributed by atoms with Gasteiger partial charge in [0.1, 0.15) is 0 Å². The zero-order valence-corrected chi connectivity index (χ0v) is 14.4. The standard InChI is InChI=1S/C13H16Cl3NO3S/c1-2-3-9-11(18)17-12(13(14,15)16)21(19,20)10-7-5-4-6-8-10/h4-8,12H,2-3,9H2,1H3,(H,17,18). The van der Waals surface area contributed by atoms with Crippen LogP contribution in [-0.2, 0) is 14.6 Å². The lowest BCUT2D eigenvalue weighted by Crippen LogP contribution is -2.49. The SMILES string of the molecule is CCCCC(=O)NC(C(Cl)(Cl)Cl)S(=O)(=O)c1ccccc1. The third-order valence-corrected chi connectivity index (χ3v) is 5.79. The van der Waals surface area contributed by atoms with Gasteiger partial charge in [0.05, 0.1) is 4.90 Å². The van der Waals surface area contributed by atoms with Gasteiger partial charge in [0, 0.05) is 6.42 Å². The first kappa shape index (κ1) is 18.6. The molecule has 0 heterocycles. The van der Waals surface area contributed by atoms with E-state index in [1.807, 2.05) is 6.92 Å². The molecule has 118 valence electrons. The van der Waals surface area contributed by atoms with Crippen LogP contribution in [0.15, 0.2) is 35.2 Å². The Bertz CT molecular complexity index is 570. The van der Waals surface area contributed by atoms with Crippen molar-refractivity contribution < 1.29 is 13.2 Å². The number of sulfone groups is 1. The molecule has 0 aliphatic rings. The van der Waals surface area contributed by atoms with Crippen molar-refractivity contribution in [1.82, 2.24) is 5.32 Å². The molecule has 0 radical (unpaired) electrons. The lowest BCUT2D eigenvalue weighted by Gasteiger charge is -2.25. The van der Waals surface area contributed by atoms with Gasteiger partial charge in [-0.25, -0.2) is 8.42 Å². The molecule has 1 unspecified atom stereocenters. The molecule has 1 aromatic rings. The molecule has 1 atom stereocenters. The van der Waals surface area contributed by atoms with E-state index in [1.54, 1.807) is 18.2 Å². The Morgan fingerprint density at radius 1 is 1.24 bits per heavy atom. The van der Waals surface area contributed by atoms with Gasteiger partial charge in [-0.15, -0.1) is 0 Å². The molecule has 21 heavy (non-hydrogen) atoms. The molecule has 0 saturated heterocycles. The molecule has 4 nitrogen and oxygen atoms in total. The minimum Gasteiger partial charge on any atom is -0.336 e. The summed E-state index contributed by atoms with van der Waals surface area (Å²) in [5.41, 5.74) is 0. The highest BCUT2D eigenvalue weighted by Gasteiger charge is 2.44. The van der Waals surface area contributed by atoms with Crippen molar-refractivity contribution in [1.29, 1.82) is 0 Å². The summed E-state index contributed by atoms with van der Waals surface area (Å²) in [5.74, 6) is -0.465. The maximum Gasteiger partial charge on any atom is 0.225 e. The van der Waals surface area contributed by atoms with Crippen molar-refractivity contribution in [2.75, 3.05) is 0 Å². The van der Waals surface area contributed by atoms with Gasteiger partial charge in [0.2, 0.25) is 19.5 Å². The maximum atomic E-state index is 12.5. The van der Waals surface area contributed by atoms with Crippen molar-refractivity contribution in [3.05, 3.63) is 30.3 Å². The Morgan fingerprint density at radius 3 is 2.29 bits per heavy atom. The van der Waals surface area contributed by atoms with Gasteiger partial charge >= 0.3 is 0 Å². The Hall–Kier alpha value is -0.490. The van der Waals surface area contributed by atoms with Crippen LogP contribution in [0.25, 0.3) is 0 Å². The summed E-state index contributed by atoms with van der Waals surface area (Å²) < 4.78 is 22.9. The lowest BCUT2D eigenvalue weighted by molar-refractivity contribution is -0.121. The van der Waals surface area contributed by atoms with Crippen LogP contribution >= 0.6 is 34.8 Å². The molecule has 0 spiro atoms. The number of hydrogen-bond donors (Lipinski definition) is 1. The largest absolute Gasteiger partial charge is 0.336 e. The van der Waals surface area contributed by atoms with Gasteiger partial charge in [0.25, 0.3) is 0 Å². The molecule has 0 bridgehead atoms. The summed E-state index contributed by atoms with van der Waals surface area (Å²) >= 11 is 17.2. The lowest BCUT2D eigenvalue weighted by atomic mass is 10.2. The average molecular weight is 373 g/mol. The van der Waals surface area contributed by atoms with Crippen molar-refractivity contribution in [2.24, 2.45) is 0 Å². The topological polar surface area (TPSA) is 63.2 Å². The number of unbranched alkanes of at least 4 members (excludes halogenated alkanes) is 1. The Morgan fingerprint density at radius 2 is 1.81 bits per heavy atom. The number of amides is 1. The average Bonchev–Trinajstić information content (AvgIpc) is 2.42. The number of hydrogen-bond acceptors (Lipinski definition) is 3. The second kappa shape index (κ2) is 7.68. The number of rotatable bonds is 6. The number of carbonyl (C=O) groups is 1. The van der Waals surface area contributed by atoms with Crippen LogP contribution in [0.3, 0.4) is 0 Å². The summed E-state index contributed by atoms with van der Waals surface area (Å²) in [4.78, 5) is 11.8. The highest BCUT2D eigenvalue weighted by molar-refractivity contribution is 7.92. The van der Waals surface area contributed by atoms with Crippen LogP contribution in [0.4, 0.5) is 0 Å². The minimum atomic E-state index is -4.01. The summed E-state index contributed by atoms with van der Waals surface area (Å²) in [6, 6.07) is 7.56. The van der Waals surface area contributed by atoms with Gasteiger partial charge in [-0.1, -0.05) is 66.3 Å². The van der Waals surface area contributed by atoms with Crippen LogP contribution in [-0.4, -0.2) is 23.5 Å². The van der Waals surface area contributed by atoms with Crippen molar-refractivity contribution >= 4 is 50.5 Å². The van der Waals surface area contributed by atoms with Crippen molar-refractivity contribution in [2.45, 2.75) is 40.2 Å². The van der Waals surface area contributed by atoms with Gasteiger partial charge < -0.3 is 5.32 Å². The third-order valence-electron chi connectivity index (χ3n) is 2.73. The smallest absolute Gasteiger partial charge is 0.225 e. The van der Waals surface area contributed by atoms with Crippen molar-refractivity contribution in [3.63, 3.8) is 0 Å². The van der Waals surface area contributed by atoms with Crippen LogP contribution in [0.2, 0.25) is 0 Å². The molecule has 1 rings (SSSR count). The minimum absolute atomic E-state index is 0.0166. The molecule has 1 amide bonds. The highest BCUT2D eigenvalue weighted by atomic mass is 35.6. The Balaban J connectivity index is 3.07. The molecule has 0 aromatic heterocycles. The number of benzene rings is 1. The molecule has 1 aromatic carbocycles. The number of nitrogens with one attached hydrogen (secondary N) is 1. The summed E-state index contributed by atoms with van der Waals surface area (Å²) in [6.45, 7) is 1.92. The van der Waals surface area contributed by atoms with E-state index in [2.05, 4.69) is 5.32 Å². The highest BCUT2D eigenvalue weighted by Crippen LogP contribution is 2.35. The van der Waals surface area contributed by atoms with Crippen molar-refractivity contribution in [3.8, 4) is 0 Å². The first-order valence-corrected chi connectivity index (χ1v) is 9.02. The monoisotopic (exact) mass is 371 g/mol. The first-order chi connectivity index (χ1) is 9.69. The number of alkyl halides is 3. The van der Waals surface area contributed by atoms with E-state index in [9.17, 15) is 13.2 Å². The maximum absolute atomic E-state index is 12.5. The van der Waals surface area contributed by atoms with E-state index in [-0.39, 0.29) is 11.3 Å². The van der Waals surface area contributed by atoms with Gasteiger partial charge in [0.15, 0.2) is 5.37 Å². The quantitative estimate of drug-likeness (QED) is 0.778. The zero-order chi connectivity index (χ0) is 16.1. The molecule has 8 heteroatoms. The van der Waals surface area contributed by atoms with E-state index in [4.69, 9.17) is 34.8 Å². The molecule has 0 saturated carbocycles. The number of carbonyl (C=O) groups excluding carboxylic acids is 1. The summed E-state index contributed by atoms with van der Waals surface area (Å²) in [5, 5.41) is 0.671. The molecule has 0 aliphatic carbocycles. The van der Waals surface area contributed by atoms with E-state index in [0.29, 0.717) is 6.42 Å². The Kier molecular flexibility index (Phi) is 6.78. The normalized spacial score (nSPS) is 13.7. The van der Waals surface area contributed by atoms with Gasteiger partial charge in [-0.2, -0.15) is 0 Å². The molecule has 0 aliphatic heterocycles. The first-order valence-electron chi connectivity index (χ1n) is 6.34. The zero-order valence-electron chi connectivity index (χ0n) is 11.4. The van der Waals surface area contributed by atoms with E-state index < -0.39 is 24.9 Å². The second-order valence-corrected chi connectivity index (χ2v) is 8.85. The third kappa shape index (κ3) is 5.33. The van der Waals surface area contributed by atoms with Crippen LogP contribution < -0.4 is 5.32 Å². The fourth-order valence-electron chi connectivity index (χ4n) is 1.64. The summed E-state index contributed by atoms with van der Waals surface area (Å²) in [6.07, 6.45) is 1.61. The molecular weight excluding hydrogens is 357 g/mol. The predicted molar refractivity (Wildman–Crippen MR) is 85.4 cm³/mol. The van der Waals surface area contributed by atoms with Gasteiger partial charge in [-0.3, -0.25) is 4.79 Å². The van der Waals surface area contributed by atoms with Crippen LogP contribution in [0.5, 0.6) is 0 Å². The Labute approximate surface area is 139 Å². The molecule has 1 N–H and O–H groups in total. The molecular formula is C13H16Cl3NO3S. The van der Waals surface area contributed by atoms with Crippen LogP contribution in [0, 0.1) is 0 Å². The fourth-order valence-corrected chi connectivity index (χ4v) is 4.30. The van der Waals surface area contributed by atoms with E-state index >= 15 is 0 Å².